The molecule has 0 spiro atoms. The molecule has 0 aromatic heterocycles. The summed E-state index contributed by atoms with van der Waals surface area (Å²) in [5.41, 5.74) is 0.736. The Labute approximate surface area is 43.0 Å². The molecule has 7 heavy (non-hydrogen) atoms. The van der Waals surface area contributed by atoms with Crippen LogP contribution < -0.4 is 0 Å². The van der Waals surface area contributed by atoms with E-state index in [2.05, 4.69) is 0 Å². The largest absolute Gasteiger partial charge is 0.375 e. The van der Waals surface area contributed by atoms with Gasteiger partial charge in [0.15, 0.2) is 0 Å². The lowest BCUT2D eigenvalue weighted by Gasteiger charge is -1.91. The second kappa shape index (κ2) is 1.62. The first-order valence-electron chi connectivity index (χ1n) is 2.46. The molecule has 0 aliphatic carbocycles. The highest BCUT2D eigenvalue weighted by molar-refractivity contribution is 5.86. The average molecular weight is 99.1 g/mol. The predicted molar refractivity (Wildman–Crippen MR) is 27.7 cm³/mol. The summed E-state index contributed by atoms with van der Waals surface area (Å²) in [4.78, 5) is 0. The Kier molecular flexibility index (Phi) is 1.11. The quantitative estimate of drug-likeness (QED) is 0.475. The van der Waals surface area contributed by atoms with Crippen LogP contribution >= 0.6 is 0 Å². The van der Waals surface area contributed by atoms with Crippen molar-refractivity contribution in [3.8, 4) is 0 Å². The Balaban J connectivity index is 2.48. The van der Waals surface area contributed by atoms with E-state index in [4.69, 9.17) is 10.1 Å². The fourth-order valence-corrected chi connectivity index (χ4v) is 0.589. The third-order valence-electron chi connectivity index (χ3n) is 1.22. The molecule has 0 amide bonds. The average Bonchev–Trinajstić information content (AvgIpc) is 1.91. The zero-order chi connectivity index (χ0) is 5.28. The van der Waals surface area contributed by atoms with E-state index in [1.54, 1.807) is 0 Å². The molecule has 40 valence electrons. The molecule has 1 saturated heterocycles. The fourth-order valence-electron chi connectivity index (χ4n) is 0.589. The molecule has 1 heterocycles. The molecular weight excluding hydrogens is 90.1 g/mol. The summed E-state index contributed by atoms with van der Waals surface area (Å²) < 4.78 is 4.94. The molecular formula is C5H9NO. The van der Waals surface area contributed by atoms with E-state index >= 15 is 0 Å². The van der Waals surface area contributed by atoms with Crippen LogP contribution in [0.2, 0.25) is 0 Å². The minimum absolute atomic E-state index is 0.375. The molecule has 0 saturated carbocycles. The molecule has 1 N–H and O–H groups in total. The van der Waals surface area contributed by atoms with Gasteiger partial charge in [-0.3, -0.25) is 0 Å². The molecule has 1 fully saturated rings. The van der Waals surface area contributed by atoms with Gasteiger partial charge in [0.25, 0.3) is 0 Å². The zero-order valence-electron chi connectivity index (χ0n) is 4.40. The zero-order valence-corrected chi connectivity index (χ0v) is 4.40. The molecule has 1 aliphatic rings. The molecule has 2 nitrogen and oxygen atoms in total. The summed E-state index contributed by atoms with van der Waals surface area (Å²) in [7, 11) is 0. The summed E-state index contributed by atoms with van der Waals surface area (Å²) in [6, 6.07) is 0. The number of hydrogen-bond donors (Lipinski definition) is 1. The van der Waals surface area contributed by atoms with Crippen molar-refractivity contribution in [3.63, 3.8) is 0 Å². The molecule has 0 aromatic rings. The number of rotatable bonds is 0. The first-order valence-corrected chi connectivity index (χ1v) is 2.46. The first-order chi connectivity index (χ1) is 3.30. The second-order valence-electron chi connectivity index (χ2n) is 1.94. The summed E-state index contributed by atoms with van der Waals surface area (Å²) in [6.45, 7) is 3.31. The molecule has 0 bridgehead atoms. The van der Waals surface area contributed by atoms with Crippen LogP contribution in [0.15, 0.2) is 0 Å². The van der Waals surface area contributed by atoms with Crippen molar-refractivity contribution < 1.29 is 4.74 Å². The maximum absolute atomic E-state index is 7.13. The Morgan fingerprint density at radius 2 is 2.57 bits per heavy atom. The lowest BCUT2D eigenvalue weighted by molar-refractivity contribution is 0.193. The van der Waals surface area contributed by atoms with Gasteiger partial charge in [-0.1, -0.05) is 6.92 Å². The Bertz CT molecular complexity index is 90.1. The SMILES string of the molecule is C[C@H]1COCC1=N. The molecule has 1 rings (SSSR count). The third-order valence-corrected chi connectivity index (χ3v) is 1.22. The standard InChI is InChI=1S/C5H9NO/c1-4-2-7-3-5(4)6/h4,6H,2-3H2,1H3/t4-/m0/s1. The smallest absolute Gasteiger partial charge is 0.0845 e. The van der Waals surface area contributed by atoms with Gasteiger partial charge in [0, 0.05) is 11.6 Å². The molecule has 0 aromatic carbocycles. The van der Waals surface area contributed by atoms with Gasteiger partial charge in [-0.2, -0.15) is 0 Å². The van der Waals surface area contributed by atoms with E-state index in [-0.39, 0.29) is 0 Å². The summed E-state index contributed by atoms with van der Waals surface area (Å²) in [6.07, 6.45) is 0. The van der Waals surface area contributed by atoms with Crippen molar-refractivity contribution in [1.29, 1.82) is 5.41 Å². The van der Waals surface area contributed by atoms with E-state index in [9.17, 15) is 0 Å². The van der Waals surface area contributed by atoms with Gasteiger partial charge in [-0.25, -0.2) is 0 Å². The van der Waals surface area contributed by atoms with Gasteiger partial charge in [0.2, 0.25) is 0 Å². The van der Waals surface area contributed by atoms with E-state index in [1.165, 1.54) is 0 Å². The van der Waals surface area contributed by atoms with Crippen LogP contribution in [0.25, 0.3) is 0 Å². The minimum atomic E-state index is 0.375. The highest BCUT2D eigenvalue weighted by atomic mass is 16.5. The predicted octanol–water partition coefficient (Wildman–Crippen LogP) is 0.672. The Hall–Kier alpha value is -0.370. The summed E-state index contributed by atoms with van der Waals surface area (Å²) in [5.74, 6) is 0.375. The lowest BCUT2D eigenvalue weighted by Crippen LogP contribution is -2.03. The van der Waals surface area contributed by atoms with E-state index in [1.807, 2.05) is 6.92 Å². The maximum Gasteiger partial charge on any atom is 0.0845 e. The normalized spacial score (nSPS) is 31.6. The van der Waals surface area contributed by atoms with Crippen molar-refractivity contribution >= 4 is 5.71 Å². The Morgan fingerprint density at radius 3 is 2.71 bits per heavy atom. The van der Waals surface area contributed by atoms with Gasteiger partial charge >= 0.3 is 0 Å². The molecule has 1 atom stereocenters. The van der Waals surface area contributed by atoms with Crippen LogP contribution in [0.5, 0.6) is 0 Å². The van der Waals surface area contributed by atoms with Crippen LogP contribution in [-0.2, 0) is 4.74 Å². The van der Waals surface area contributed by atoms with Gasteiger partial charge in [-0.15, -0.1) is 0 Å². The van der Waals surface area contributed by atoms with Gasteiger partial charge < -0.3 is 10.1 Å². The third kappa shape index (κ3) is 0.800. The lowest BCUT2D eigenvalue weighted by atomic mass is 10.1. The van der Waals surface area contributed by atoms with E-state index in [0.29, 0.717) is 12.5 Å². The topological polar surface area (TPSA) is 33.1 Å². The van der Waals surface area contributed by atoms with Crippen LogP contribution in [-0.4, -0.2) is 18.9 Å². The maximum atomic E-state index is 7.13. The molecule has 0 unspecified atom stereocenters. The highest BCUT2D eigenvalue weighted by Crippen LogP contribution is 2.05. The first kappa shape index (κ1) is 4.78. The van der Waals surface area contributed by atoms with Crippen molar-refractivity contribution in [3.05, 3.63) is 0 Å². The molecule has 1 aliphatic heterocycles. The van der Waals surface area contributed by atoms with E-state index in [0.717, 1.165) is 12.3 Å². The number of hydrogen-bond acceptors (Lipinski definition) is 2. The van der Waals surface area contributed by atoms with Gasteiger partial charge in [0.05, 0.1) is 13.2 Å². The van der Waals surface area contributed by atoms with E-state index < -0.39 is 0 Å². The van der Waals surface area contributed by atoms with Crippen LogP contribution in [0.1, 0.15) is 6.92 Å². The van der Waals surface area contributed by atoms with Crippen LogP contribution in [0.3, 0.4) is 0 Å². The van der Waals surface area contributed by atoms with Crippen molar-refractivity contribution in [2.75, 3.05) is 13.2 Å². The summed E-state index contributed by atoms with van der Waals surface area (Å²) in [5, 5.41) is 7.13. The summed E-state index contributed by atoms with van der Waals surface area (Å²) >= 11 is 0. The van der Waals surface area contributed by atoms with Crippen molar-refractivity contribution in [2.24, 2.45) is 5.92 Å². The number of nitrogens with one attached hydrogen (secondary N) is 1. The minimum Gasteiger partial charge on any atom is -0.375 e. The van der Waals surface area contributed by atoms with Crippen LogP contribution in [0, 0.1) is 11.3 Å². The second-order valence-corrected chi connectivity index (χ2v) is 1.94. The van der Waals surface area contributed by atoms with Crippen molar-refractivity contribution in [2.45, 2.75) is 6.92 Å². The highest BCUT2D eigenvalue weighted by Gasteiger charge is 2.15. The van der Waals surface area contributed by atoms with Crippen LogP contribution in [0.4, 0.5) is 0 Å². The van der Waals surface area contributed by atoms with Gasteiger partial charge in [-0.05, 0) is 0 Å². The molecule has 2 heteroatoms. The fraction of sp³-hybridized carbons (Fsp3) is 0.800. The van der Waals surface area contributed by atoms with Gasteiger partial charge in [0.1, 0.15) is 0 Å². The van der Waals surface area contributed by atoms with Crippen molar-refractivity contribution in [1.82, 2.24) is 0 Å². The monoisotopic (exact) mass is 99.1 g/mol. The molecule has 0 radical (unpaired) electrons. The Morgan fingerprint density at radius 1 is 1.86 bits per heavy atom. The number of ether oxygens (including phenoxy) is 1.